The first-order valence-corrected chi connectivity index (χ1v) is 6.59. The molecule has 17 heavy (non-hydrogen) atoms. The van der Waals surface area contributed by atoms with Crippen LogP contribution in [0.2, 0.25) is 0 Å². The van der Waals surface area contributed by atoms with Gasteiger partial charge < -0.3 is 10.7 Å². The maximum absolute atomic E-state index is 11.6. The number of hydrogen-bond donors (Lipinski definition) is 3. The van der Waals surface area contributed by atoms with E-state index in [9.17, 15) is 4.79 Å². The fourth-order valence-corrected chi connectivity index (χ4v) is 2.83. The lowest BCUT2D eigenvalue weighted by molar-refractivity contribution is 1.17. The Hall–Kier alpha value is -1.42. The normalized spacial score (nSPS) is 11.1. The van der Waals surface area contributed by atoms with Crippen molar-refractivity contribution in [3.05, 3.63) is 24.7 Å². The third-order valence-corrected chi connectivity index (χ3v) is 4.01. The van der Waals surface area contributed by atoms with Crippen molar-refractivity contribution in [1.82, 2.24) is 19.9 Å². The van der Waals surface area contributed by atoms with Gasteiger partial charge in [-0.1, -0.05) is 0 Å². The molecule has 0 unspecified atom stereocenters. The Bertz CT molecular complexity index is 758. The van der Waals surface area contributed by atoms with E-state index < -0.39 is 0 Å². The number of aromatic amines is 2. The molecule has 0 aliphatic rings. The fourth-order valence-electron chi connectivity index (χ4n) is 1.50. The zero-order valence-corrected chi connectivity index (χ0v) is 11.3. The topological polar surface area (TPSA) is 100 Å². The molecule has 3 heterocycles. The smallest absolute Gasteiger partial charge is 0.278 e. The van der Waals surface area contributed by atoms with E-state index in [1.165, 1.54) is 0 Å². The summed E-state index contributed by atoms with van der Waals surface area (Å²) in [6.45, 7) is 0. The molecule has 86 valence electrons. The second kappa shape index (κ2) is 3.81. The molecule has 0 atom stereocenters. The highest BCUT2D eigenvalue weighted by atomic mass is 127. The van der Waals surface area contributed by atoms with E-state index in [1.54, 1.807) is 11.3 Å². The van der Waals surface area contributed by atoms with Crippen LogP contribution in [-0.2, 0) is 0 Å². The Kier molecular flexibility index (Phi) is 2.40. The van der Waals surface area contributed by atoms with Crippen LogP contribution in [0.15, 0.2) is 16.2 Å². The predicted octanol–water partition coefficient (Wildman–Crippen LogP) is 1.56. The summed E-state index contributed by atoms with van der Waals surface area (Å²) in [5.41, 5.74) is 6.77. The molecule has 0 bridgehead atoms. The molecule has 0 saturated heterocycles. The summed E-state index contributed by atoms with van der Waals surface area (Å²) in [7, 11) is 0. The predicted molar refractivity (Wildman–Crippen MR) is 75.0 cm³/mol. The van der Waals surface area contributed by atoms with Crippen molar-refractivity contribution in [3.63, 3.8) is 0 Å². The Labute approximate surface area is 112 Å². The number of H-pyrrole nitrogens is 2. The molecular formula is C9H6IN5OS. The minimum atomic E-state index is -0.309. The molecule has 0 aliphatic heterocycles. The van der Waals surface area contributed by atoms with Crippen LogP contribution in [0.25, 0.3) is 22.6 Å². The Morgan fingerprint density at radius 2 is 2.18 bits per heavy atom. The van der Waals surface area contributed by atoms with Gasteiger partial charge in [0.2, 0.25) is 5.95 Å². The second-order valence-corrected chi connectivity index (χ2v) is 6.18. The number of anilines is 1. The quantitative estimate of drug-likeness (QED) is 0.574. The number of aromatic nitrogens is 4. The number of nitrogens with two attached hydrogens (primary N) is 1. The Balaban J connectivity index is 2.27. The van der Waals surface area contributed by atoms with Gasteiger partial charge >= 0.3 is 0 Å². The van der Waals surface area contributed by atoms with Gasteiger partial charge in [0.15, 0.2) is 11.2 Å². The number of halogens is 1. The molecule has 0 amide bonds. The Morgan fingerprint density at radius 1 is 1.35 bits per heavy atom. The largest absolute Gasteiger partial charge is 0.369 e. The summed E-state index contributed by atoms with van der Waals surface area (Å²) in [4.78, 5) is 25.2. The molecule has 0 spiro atoms. The summed E-state index contributed by atoms with van der Waals surface area (Å²) >= 11 is 3.84. The number of nitrogens with zero attached hydrogens (tertiary/aromatic N) is 2. The van der Waals surface area contributed by atoms with Crippen molar-refractivity contribution in [1.29, 1.82) is 0 Å². The van der Waals surface area contributed by atoms with Crippen LogP contribution >= 0.6 is 33.9 Å². The molecule has 0 saturated carbocycles. The molecule has 3 aromatic rings. The van der Waals surface area contributed by atoms with Crippen molar-refractivity contribution in [2.45, 2.75) is 0 Å². The number of fused-ring (bicyclic) bond motifs is 1. The first-order chi connectivity index (χ1) is 8.13. The van der Waals surface area contributed by atoms with E-state index in [-0.39, 0.29) is 11.5 Å². The second-order valence-electron chi connectivity index (χ2n) is 3.37. The summed E-state index contributed by atoms with van der Waals surface area (Å²) in [5, 5.41) is 1.97. The van der Waals surface area contributed by atoms with Gasteiger partial charge in [0.1, 0.15) is 5.82 Å². The van der Waals surface area contributed by atoms with Crippen LogP contribution in [0, 0.1) is 2.88 Å². The molecule has 3 rings (SSSR count). The number of thiophene rings is 1. The monoisotopic (exact) mass is 359 g/mol. The van der Waals surface area contributed by atoms with Crippen molar-refractivity contribution in [3.8, 4) is 11.4 Å². The molecule has 3 aromatic heterocycles. The first-order valence-electron chi connectivity index (χ1n) is 4.63. The van der Waals surface area contributed by atoms with Crippen LogP contribution in [0.3, 0.4) is 0 Å². The van der Waals surface area contributed by atoms with Crippen LogP contribution in [0.5, 0.6) is 0 Å². The van der Waals surface area contributed by atoms with Crippen LogP contribution in [0.4, 0.5) is 5.95 Å². The summed E-state index contributed by atoms with van der Waals surface area (Å²) in [5.74, 6) is 0.697. The standard InChI is InChI=1S/C9H6IN5OS/c10-4-1-3(2-17-4)6-12-5-7(13-6)14-9(11)15-8(5)16/h1-2H,(H4,11,12,13,14,15,16). The third kappa shape index (κ3) is 1.82. The van der Waals surface area contributed by atoms with E-state index in [0.29, 0.717) is 17.0 Å². The lowest BCUT2D eigenvalue weighted by atomic mass is 10.3. The summed E-state index contributed by atoms with van der Waals surface area (Å²) in [6, 6.07) is 1.99. The lowest BCUT2D eigenvalue weighted by Gasteiger charge is -1.89. The Morgan fingerprint density at radius 3 is 2.88 bits per heavy atom. The van der Waals surface area contributed by atoms with Gasteiger partial charge in [-0.2, -0.15) is 4.98 Å². The number of nitrogen functional groups attached to an aromatic ring is 1. The van der Waals surface area contributed by atoms with Gasteiger partial charge in [0.05, 0.1) is 2.88 Å². The van der Waals surface area contributed by atoms with E-state index in [2.05, 4.69) is 42.5 Å². The molecule has 8 heteroatoms. The van der Waals surface area contributed by atoms with E-state index in [4.69, 9.17) is 5.73 Å². The average molecular weight is 359 g/mol. The first kappa shape index (κ1) is 10.7. The zero-order chi connectivity index (χ0) is 12.0. The minimum absolute atomic E-state index is 0.0699. The van der Waals surface area contributed by atoms with Crippen LogP contribution < -0.4 is 11.3 Å². The molecule has 4 N–H and O–H groups in total. The SMILES string of the molecule is Nc1nc2nc(-c3csc(I)c3)[nH]c2c(=O)[nH]1. The number of rotatable bonds is 1. The third-order valence-electron chi connectivity index (χ3n) is 2.22. The van der Waals surface area contributed by atoms with Gasteiger partial charge in [0.25, 0.3) is 5.56 Å². The van der Waals surface area contributed by atoms with Crippen molar-refractivity contribution >= 4 is 51.0 Å². The number of nitrogens with one attached hydrogen (secondary N) is 2. The highest BCUT2D eigenvalue weighted by Gasteiger charge is 2.11. The fraction of sp³-hybridized carbons (Fsp3) is 0. The summed E-state index contributed by atoms with van der Waals surface area (Å²) in [6.07, 6.45) is 0. The van der Waals surface area contributed by atoms with E-state index >= 15 is 0 Å². The highest BCUT2D eigenvalue weighted by Crippen LogP contribution is 2.25. The zero-order valence-electron chi connectivity index (χ0n) is 8.32. The average Bonchev–Trinajstić information content (AvgIpc) is 2.83. The minimum Gasteiger partial charge on any atom is -0.369 e. The van der Waals surface area contributed by atoms with Crippen LogP contribution in [-0.4, -0.2) is 19.9 Å². The molecule has 6 nitrogen and oxygen atoms in total. The highest BCUT2D eigenvalue weighted by molar-refractivity contribution is 14.1. The molecule has 0 aromatic carbocycles. The molecule has 0 aliphatic carbocycles. The maximum atomic E-state index is 11.6. The number of imidazole rings is 1. The molecular weight excluding hydrogens is 353 g/mol. The van der Waals surface area contributed by atoms with Crippen molar-refractivity contribution in [2.75, 3.05) is 5.73 Å². The van der Waals surface area contributed by atoms with Crippen molar-refractivity contribution < 1.29 is 0 Å². The maximum Gasteiger partial charge on any atom is 0.278 e. The van der Waals surface area contributed by atoms with Gasteiger partial charge in [-0.05, 0) is 28.7 Å². The van der Waals surface area contributed by atoms with Gasteiger partial charge in [0, 0.05) is 10.9 Å². The van der Waals surface area contributed by atoms with Gasteiger partial charge in [-0.15, -0.1) is 11.3 Å². The molecule has 0 radical (unpaired) electrons. The van der Waals surface area contributed by atoms with Gasteiger partial charge in [-0.25, -0.2) is 4.98 Å². The molecule has 0 fully saturated rings. The lowest BCUT2D eigenvalue weighted by Crippen LogP contribution is -2.10. The number of hydrogen-bond acceptors (Lipinski definition) is 5. The van der Waals surface area contributed by atoms with Gasteiger partial charge in [-0.3, -0.25) is 9.78 Å². The summed E-state index contributed by atoms with van der Waals surface area (Å²) < 4.78 is 1.15. The van der Waals surface area contributed by atoms with E-state index in [0.717, 1.165) is 8.45 Å². The van der Waals surface area contributed by atoms with E-state index in [1.807, 2.05) is 11.4 Å². The van der Waals surface area contributed by atoms with Crippen LogP contribution in [0.1, 0.15) is 0 Å². The van der Waals surface area contributed by atoms with Crippen molar-refractivity contribution in [2.24, 2.45) is 0 Å².